The van der Waals surface area contributed by atoms with Gasteiger partial charge in [-0.1, -0.05) is 109 Å². The number of nitriles is 1. The van der Waals surface area contributed by atoms with Gasteiger partial charge in [0.2, 0.25) is 0 Å². The molecule has 1 aliphatic heterocycles. The Balaban J connectivity index is 1.54. The first kappa shape index (κ1) is 26.9. The molecule has 0 N–H and O–H groups in total. The van der Waals surface area contributed by atoms with Crippen molar-refractivity contribution in [1.82, 2.24) is 4.98 Å². The Labute approximate surface area is 263 Å². The van der Waals surface area contributed by atoms with Gasteiger partial charge in [0.05, 0.1) is 28.9 Å². The van der Waals surface area contributed by atoms with Crippen molar-refractivity contribution < 1.29 is 0 Å². The number of benzene rings is 6. The van der Waals surface area contributed by atoms with Gasteiger partial charge in [0.1, 0.15) is 0 Å². The van der Waals surface area contributed by atoms with Crippen LogP contribution in [0.2, 0.25) is 0 Å². The van der Waals surface area contributed by atoms with E-state index in [9.17, 15) is 5.26 Å². The van der Waals surface area contributed by atoms with Crippen LogP contribution in [0.5, 0.6) is 0 Å². The molecule has 0 unspecified atom stereocenters. The van der Waals surface area contributed by atoms with Gasteiger partial charge in [-0.3, -0.25) is 0 Å². The maximum Gasteiger partial charge on any atom is 0.0992 e. The van der Waals surface area contributed by atoms with E-state index in [-0.39, 0.29) is 6.04 Å². The number of pyridine rings is 1. The third-order valence-corrected chi connectivity index (χ3v) is 9.49. The molecule has 3 nitrogen and oxygen atoms in total. The molecule has 1 aliphatic rings. The zero-order valence-corrected chi connectivity index (χ0v) is 25.5. The largest absolute Gasteiger partial charge is 0.363 e. The van der Waals surface area contributed by atoms with E-state index in [0.29, 0.717) is 5.56 Å². The summed E-state index contributed by atoms with van der Waals surface area (Å²) in [5, 5.41) is 13.2. The quantitative estimate of drug-likeness (QED) is 0.196. The molecule has 0 amide bonds. The molecule has 1 aromatic heterocycles. The van der Waals surface area contributed by atoms with E-state index in [0.717, 1.165) is 22.2 Å². The molecule has 0 saturated heterocycles. The average Bonchev–Trinajstić information content (AvgIpc) is 3.10. The molecule has 45 heavy (non-hydrogen) atoms. The molecule has 0 radical (unpaired) electrons. The van der Waals surface area contributed by atoms with Crippen molar-refractivity contribution in [1.29, 1.82) is 5.26 Å². The van der Waals surface area contributed by atoms with Crippen molar-refractivity contribution in [2.45, 2.75) is 19.9 Å². The smallest absolute Gasteiger partial charge is 0.0992 e. The third-order valence-electron chi connectivity index (χ3n) is 9.49. The zero-order chi connectivity index (χ0) is 30.7. The number of aryl methyl sites for hydroxylation is 2. The summed E-state index contributed by atoms with van der Waals surface area (Å²) in [5.41, 5.74) is 14.7. The summed E-state index contributed by atoms with van der Waals surface area (Å²) in [7, 11) is 2.23. The molecule has 0 spiro atoms. The Morgan fingerprint density at radius 2 is 1.33 bits per heavy atom. The van der Waals surface area contributed by atoms with Crippen molar-refractivity contribution in [3.63, 3.8) is 0 Å². The molecule has 2 heterocycles. The van der Waals surface area contributed by atoms with Crippen LogP contribution < -0.4 is 4.90 Å². The second-order valence-electron chi connectivity index (χ2n) is 12.0. The number of hydrogen-bond acceptors (Lipinski definition) is 3. The van der Waals surface area contributed by atoms with Gasteiger partial charge in [-0.2, -0.15) is 5.26 Å². The fourth-order valence-corrected chi connectivity index (χ4v) is 7.44. The minimum absolute atomic E-state index is 0.0181. The van der Waals surface area contributed by atoms with Crippen LogP contribution >= 0.6 is 0 Å². The van der Waals surface area contributed by atoms with Gasteiger partial charge < -0.3 is 4.90 Å². The maximum atomic E-state index is 9.75. The molecule has 0 saturated carbocycles. The number of nitrogens with zero attached hydrogens (tertiary/aromatic N) is 3. The number of fused-ring (bicyclic) bond motifs is 6. The van der Waals surface area contributed by atoms with Crippen LogP contribution in [0.3, 0.4) is 0 Å². The van der Waals surface area contributed by atoms with Crippen LogP contribution in [0, 0.1) is 25.2 Å². The summed E-state index contributed by atoms with van der Waals surface area (Å²) in [4.78, 5) is 7.72. The molecule has 3 heteroatoms. The van der Waals surface area contributed by atoms with E-state index in [1.807, 2.05) is 18.2 Å². The Hall–Kier alpha value is -5.72. The summed E-state index contributed by atoms with van der Waals surface area (Å²) < 4.78 is 0. The topological polar surface area (TPSA) is 39.9 Å². The van der Waals surface area contributed by atoms with Gasteiger partial charge >= 0.3 is 0 Å². The summed E-state index contributed by atoms with van der Waals surface area (Å²) in [6, 6.07) is 47.1. The third kappa shape index (κ3) is 4.14. The highest BCUT2D eigenvalue weighted by molar-refractivity contribution is 6.16. The number of aromatic nitrogens is 1. The fourth-order valence-electron chi connectivity index (χ4n) is 7.44. The SMILES string of the molecule is Cc1c2c(c(C)c3c1c(-c1ccccc1)nc1cc(C#N)ccc13)[C@@H](c1ccccc1)N(C)c1cc(-c3ccccc3)ccc1-2. The Morgan fingerprint density at radius 3 is 2.02 bits per heavy atom. The first-order valence-corrected chi connectivity index (χ1v) is 15.4. The molecule has 0 fully saturated rings. The van der Waals surface area contributed by atoms with E-state index in [4.69, 9.17) is 4.98 Å². The molecular formula is C42H31N3. The van der Waals surface area contributed by atoms with Crippen LogP contribution in [-0.2, 0) is 0 Å². The Kier molecular flexibility index (Phi) is 6.25. The monoisotopic (exact) mass is 577 g/mol. The molecule has 1 atom stereocenters. The summed E-state index contributed by atoms with van der Waals surface area (Å²) in [6.07, 6.45) is 0. The number of rotatable bonds is 3. The predicted octanol–water partition coefficient (Wildman–Crippen LogP) is 10.4. The second kappa shape index (κ2) is 10.5. The highest BCUT2D eigenvalue weighted by atomic mass is 15.1. The van der Waals surface area contributed by atoms with Crippen LogP contribution in [0.25, 0.3) is 55.2 Å². The van der Waals surface area contributed by atoms with Gasteiger partial charge in [-0.05, 0) is 76.4 Å². The fraction of sp³-hybridized carbons (Fsp3) is 0.0952. The normalized spacial score (nSPS) is 13.8. The average molecular weight is 578 g/mol. The van der Waals surface area contributed by atoms with E-state index in [1.165, 1.54) is 61.0 Å². The second-order valence-corrected chi connectivity index (χ2v) is 12.0. The van der Waals surface area contributed by atoms with Crippen LogP contribution in [0.15, 0.2) is 127 Å². The molecule has 7 aromatic rings. The van der Waals surface area contributed by atoms with E-state index >= 15 is 0 Å². The Bertz CT molecular complexity index is 2300. The first-order chi connectivity index (χ1) is 22.0. The van der Waals surface area contributed by atoms with Gasteiger partial charge in [0.15, 0.2) is 0 Å². The lowest BCUT2D eigenvalue weighted by Crippen LogP contribution is -2.30. The molecule has 0 aliphatic carbocycles. The maximum absolute atomic E-state index is 9.75. The van der Waals surface area contributed by atoms with E-state index in [1.54, 1.807) is 0 Å². The van der Waals surface area contributed by atoms with Crippen molar-refractivity contribution in [3.8, 4) is 39.6 Å². The standard InChI is InChI=1S/C42H31N3/c1-26-38-34-22-20-32(29-13-7-4-8-14-29)24-36(34)45(3)42(31-17-11-6-12-18-31)40(38)27(2)37-33-21-19-28(25-43)23-35(33)44-41(39(26)37)30-15-9-5-10-16-30/h4-24,42H,1-3H3/t42-/m1/s1. The van der Waals surface area contributed by atoms with Gasteiger partial charge in [0, 0.05) is 34.6 Å². The summed E-state index contributed by atoms with van der Waals surface area (Å²) in [5.74, 6) is 0. The lowest BCUT2D eigenvalue weighted by molar-refractivity contribution is 0.769. The van der Waals surface area contributed by atoms with Gasteiger partial charge in [-0.15, -0.1) is 0 Å². The van der Waals surface area contributed by atoms with E-state index < -0.39 is 0 Å². The Morgan fingerprint density at radius 1 is 0.667 bits per heavy atom. The van der Waals surface area contributed by atoms with Crippen molar-refractivity contribution in [2.75, 3.05) is 11.9 Å². The first-order valence-electron chi connectivity index (χ1n) is 15.4. The van der Waals surface area contributed by atoms with Crippen LogP contribution in [0.1, 0.15) is 33.9 Å². The van der Waals surface area contributed by atoms with Crippen molar-refractivity contribution >= 4 is 27.4 Å². The van der Waals surface area contributed by atoms with Crippen molar-refractivity contribution in [3.05, 3.63) is 155 Å². The van der Waals surface area contributed by atoms with Crippen LogP contribution in [0.4, 0.5) is 5.69 Å². The number of anilines is 1. The van der Waals surface area contributed by atoms with Gasteiger partial charge in [0.25, 0.3) is 0 Å². The van der Waals surface area contributed by atoms with Crippen LogP contribution in [-0.4, -0.2) is 12.0 Å². The highest BCUT2D eigenvalue weighted by Crippen LogP contribution is 2.53. The molecule has 0 bridgehead atoms. The van der Waals surface area contributed by atoms with E-state index in [2.05, 4.69) is 141 Å². The minimum atomic E-state index is 0.0181. The predicted molar refractivity (Wildman–Crippen MR) is 186 cm³/mol. The lowest BCUT2D eigenvalue weighted by Gasteiger charge is -2.41. The summed E-state index contributed by atoms with van der Waals surface area (Å²) in [6.45, 7) is 4.55. The number of hydrogen-bond donors (Lipinski definition) is 0. The molecule has 6 aromatic carbocycles. The summed E-state index contributed by atoms with van der Waals surface area (Å²) >= 11 is 0. The molecule has 214 valence electrons. The lowest BCUT2D eigenvalue weighted by atomic mass is 9.76. The molecular weight excluding hydrogens is 546 g/mol. The van der Waals surface area contributed by atoms with Crippen molar-refractivity contribution in [2.24, 2.45) is 0 Å². The highest BCUT2D eigenvalue weighted by Gasteiger charge is 2.35. The minimum Gasteiger partial charge on any atom is -0.363 e. The van der Waals surface area contributed by atoms with Gasteiger partial charge in [-0.25, -0.2) is 4.98 Å². The zero-order valence-electron chi connectivity index (χ0n) is 25.5. The molecule has 8 rings (SSSR count).